The normalized spacial score (nSPS) is 13.7. The molecule has 2 aromatic carbocycles. The van der Waals surface area contributed by atoms with E-state index in [2.05, 4.69) is 0 Å². The maximum absolute atomic E-state index is 13.3. The topological polar surface area (TPSA) is 49.9 Å². The number of anilines is 1. The second kappa shape index (κ2) is 8.66. The van der Waals surface area contributed by atoms with Crippen LogP contribution in [0.2, 0.25) is 0 Å². The fourth-order valence-electron chi connectivity index (χ4n) is 3.11. The molecule has 0 N–H and O–H groups in total. The number of likely N-dealkylation sites (N-methyl/N-ethyl adjacent to an activating group) is 1. The molecule has 0 saturated carbocycles. The first kappa shape index (κ1) is 18.9. The molecule has 1 saturated heterocycles. The van der Waals surface area contributed by atoms with E-state index in [4.69, 9.17) is 4.74 Å². The fourth-order valence-corrected chi connectivity index (χ4v) is 3.11. The summed E-state index contributed by atoms with van der Waals surface area (Å²) in [5, 5.41) is 0. The summed E-state index contributed by atoms with van der Waals surface area (Å²) in [7, 11) is 0. The minimum atomic E-state index is -0.316. The van der Waals surface area contributed by atoms with Crippen LogP contribution in [0.4, 0.5) is 10.1 Å². The largest absolute Gasteiger partial charge is 0.484 e. The summed E-state index contributed by atoms with van der Waals surface area (Å²) in [6, 6.07) is 13.4. The van der Waals surface area contributed by atoms with Gasteiger partial charge in [-0.25, -0.2) is 4.39 Å². The van der Waals surface area contributed by atoms with Crippen molar-refractivity contribution in [3.63, 3.8) is 0 Å². The van der Waals surface area contributed by atoms with Crippen molar-refractivity contribution in [1.82, 2.24) is 4.90 Å². The predicted molar refractivity (Wildman–Crippen MR) is 101 cm³/mol. The quantitative estimate of drug-likeness (QED) is 0.751. The van der Waals surface area contributed by atoms with Crippen molar-refractivity contribution < 1.29 is 18.7 Å². The molecule has 2 aromatic rings. The number of ether oxygens (including phenoxy) is 1. The zero-order valence-electron chi connectivity index (χ0n) is 15.4. The van der Waals surface area contributed by atoms with Crippen LogP contribution in [-0.4, -0.2) is 36.4 Å². The first-order valence-corrected chi connectivity index (χ1v) is 9.12. The predicted octanol–water partition coefficient (Wildman–Crippen LogP) is 3.38. The second-order valence-corrected chi connectivity index (χ2v) is 6.47. The summed E-state index contributed by atoms with van der Waals surface area (Å²) in [5.41, 5.74) is 1.59. The number of carbonyl (C=O) groups is 2. The number of benzene rings is 2. The highest BCUT2D eigenvalue weighted by atomic mass is 19.1. The summed E-state index contributed by atoms with van der Waals surface area (Å²) in [4.78, 5) is 27.6. The number of halogens is 1. The van der Waals surface area contributed by atoms with Crippen LogP contribution in [0.25, 0.3) is 0 Å². The van der Waals surface area contributed by atoms with Crippen LogP contribution in [0.15, 0.2) is 48.5 Å². The van der Waals surface area contributed by atoms with Gasteiger partial charge in [0, 0.05) is 31.7 Å². The standard InChI is InChI=1S/C21H23FN2O3/c1-2-23(14-16-5-3-6-17(22)13-16)21(26)15-27-19-10-8-18(9-11-19)24-12-4-7-20(24)25/h3,5-6,8-11,13H,2,4,7,12,14-15H2,1H3. The molecular weight excluding hydrogens is 347 g/mol. The van der Waals surface area contributed by atoms with Gasteiger partial charge in [0.2, 0.25) is 5.91 Å². The van der Waals surface area contributed by atoms with Gasteiger partial charge in [0.15, 0.2) is 6.61 Å². The van der Waals surface area contributed by atoms with Crippen molar-refractivity contribution in [3.8, 4) is 5.75 Å². The van der Waals surface area contributed by atoms with Crippen LogP contribution in [0.1, 0.15) is 25.3 Å². The molecule has 3 rings (SSSR count). The third-order valence-corrected chi connectivity index (χ3v) is 4.58. The number of carbonyl (C=O) groups excluding carboxylic acids is 2. The Morgan fingerprint density at radius 2 is 2.00 bits per heavy atom. The molecule has 0 bridgehead atoms. The smallest absolute Gasteiger partial charge is 0.260 e. The van der Waals surface area contributed by atoms with Crippen molar-refractivity contribution in [2.45, 2.75) is 26.3 Å². The highest BCUT2D eigenvalue weighted by molar-refractivity contribution is 5.95. The Bertz CT molecular complexity index is 807. The third-order valence-electron chi connectivity index (χ3n) is 4.58. The van der Waals surface area contributed by atoms with Gasteiger partial charge in [0.1, 0.15) is 11.6 Å². The monoisotopic (exact) mass is 370 g/mol. The maximum Gasteiger partial charge on any atom is 0.260 e. The van der Waals surface area contributed by atoms with Crippen LogP contribution in [0, 0.1) is 5.82 Å². The summed E-state index contributed by atoms with van der Waals surface area (Å²) in [5.74, 6) is 0.222. The number of hydrogen-bond acceptors (Lipinski definition) is 3. The minimum Gasteiger partial charge on any atom is -0.484 e. The lowest BCUT2D eigenvalue weighted by atomic mass is 10.2. The second-order valence-electron chi connectivity index (χ2n) is 6.47. The molecule has 6 heteroatoms. The molecule has 0 aliphatic carbocycles. The molecule has 142 valence electrons. The Kier molecular flexibility index (Phi) is 6.06. The lowest BCUT2D eigenvalue weighted by Crippen LogP contribution is -2.34. The molecule has 1 aliphatic heterocycles. The van der Waals surface area contributed by atoms with Gasteiger partial charge in [-0.1, -0.05) is 12.1 Å². The SMILES string of the molecule is CCN(Cc1cccc(F)c1)C(=O)COc1ccc(N2CCCC2=O)cc1. The average molecular weight is 370 g/mol. The van der Waals surface area contributed by atoms with E-state index in [9.17, 15) is 14.0 Å². The van der Waals surface area contributed by atoms with E-state index in [-0.39, 0.29) is 24.2 Å². The molecule has 1 heterocycles. The van der Waals surface area contributed by atoms with E-state index in [1.54, 1.807) is 34.1 Å². The first-order chi connectivity index (χ1) is 13.1. The summed E-state index contributed by atoms with van der Waals surface area (Å²) < 4.78 is 18.9. The fraction of sp³-hybridized carbons (Fsp3) is 0.333. The van der Waals surface area contributed by atoms with Crippen LogP contribution < -0.4 is 9.64 Å². The van der Waals surface area contributed by atoms with E-state index in [1.807, 2.05) is 19.1 Å². The van der Waals surface area contributed by atoms with Gasteiger partial charge in [0.25, 0.3) is 5.91 Å². The summed E-state index contributed by atoms with van der Waals surface area (Å²) >= 11 is 0. The molecule has 0 atom stereocenters. The number of rotatable bonds is 7. The van der Waals surface area contributed by atoms with Crippen molar-refractivity contribution >= 4 is 17.5 Å². The Morgan fingerprint density at radius 3 is 2.63 bits per heavy atom. The molecule has 0 spiro atoms. The molecule has 0 radical (unpaired) electrons. The zero-order chi connectivity index (χ0) is 19.2. The Hall–Kier alpha value is -2.89. The first-order valence-electron chi connectivity index (χ1n) is 9.12. The van der Waals surface area contributed by atoms with Crippen molar-refractivity contribution in [2.24, 2.45) is 0 Å². The van der Waals surface area contributed by atoms with Crippen LogP contribution in [-0.2, 0) is 16.1 Å². The van der Waals surface area contributed by atoms with Gasteiger partial charge in [-0.15, -0.1) is 0 Å². The molecule has 27 heavy (non-hydrogen) atoms. The minimum absolute atomic E-state index is 0.0921. The van der Waals surface area contributed by atoms with Crippen LogP contribution in [0.5, 0.6) is 5.75 Å². The number of nitrogens with zero attached hydrogens (tertiary/aromatic N) is 2. The van der Waals surface area contributed by atoms with Crippen LogP contribution in [0.3, 0.4) is 0 Å². The average Bonchev–Trinajstić information content (AvgIpc) is 3.10. The van der Waals surface area contributed by atoms with Gasteiger partial charge in [-0.2, -0.15) is 0 Å². The van der Waals surface area contributed by atoms with Crippen LogP contribution >= 0.6 is 0 Å². The number of hydrogen-bond donors (Lipinski definition) is 0. The molecule has 1 aliphatic rings. The van der Waals surface area contributed by atoms with Gasteiger partial charge >= 0.3 is 0 Å². The summed E-state index contributed by atoms with van der Waals surface area (Å²) in [6.07, 6.45) is 1.47. The van der Waals surface area contributed by atoms with Gasteiger partial charge in [-0.3, -0.25) is 9.59 Å². The van der Waals surface area contributed by atoms with Crippen molar-refractivity contribution in [3.05, 3.63) is 59.9 Å². The highest BCUT2D eigenvalue weighted by Crippen LogP contribution is 2.24. The molecule has 1 fully saturated rings. The maximum atomic E-state index is 13.3. The lowest BCUT2D eigenvalue weighted by Gasteiger charge is -2.21. The Labute approximate surface area is 158 Å². The molecule has 2 amide bonds. The van der Waals surface area contributed by atoms with E-state index in [0.29, 0.717) is 25.3 Å². The molecular formula is C21H23FN2O3. The van der Waals surface area contributed by atoms with Gasteiger partial charge in [-0.05, 0) is 55.3 Å². The van der Waals surface area contributed by atoms with E-state index < -0.39 is 0 Å². The van der Waals surface area contributed by atoms with E-state index >= 15 is 0 Å². The van der Waals surface area contributed by atoms with E-state index in [0.717, 1.165) is 24.2 Å². The van der Waals surface area contributed by atoms with Gasteiger partial charge < -0.3 is 14.5 Å². The van der Waals surface area contributed by atoms with Crippen molar-refractivity contribution in [2.75, 3.05) is 24.6 Å². The Morgan fingerprint density at radius 1 is 1.22 bits per heavy atom. The van der Waals surface area contributed by atoms with E-state index in [1.165, 1.54) is 12.1 Å². The molecule has 0 unspecified atom stereocenters. The highest BCUT2D eigenvalue weighted by Gasteiger charge is 2.21. The lowest BCUT2D eigenvalue weighted by molar-refractivity contribution is -0.133. The number of amides is 2. The third kappa shape index (κ3) is 4.84. The molecule has 5 nitrogen and oxygen atoms in total. The van der Waals surface area contributed by atoms with Gasteiger partial charge in [0.05, 0.1) is 0 Å². The Balaban J connectivity index is 1.55. The van der Waals surface area contributed by atoms with Crippen molar-refractivity contribution in [1.29, 1.82) is 0 Å². The summed E-state index contributed by atoms with van der Waals surface area (Å²) in [6.45, 7) is 3.37. The zero-order valence-corrected chi connectivity index (χ0v) is 15.4. The molecule has 0 aromatic heterocycles.